The number of nitrogens with zero attached hydrogens (tertiary/aromatic N) is 2. The fourth-order valence-corrected chi connectivity index (χ4v) is 3.57. The second-order valence-corrected chi connectivity index (χ2v) is 7.38. The summed E-state index contributed by atoms with van der Waals surface area (Å²) in [6, 6.07) is 17.8. The number of amides is 3. The van der Waals surface area contributed by atoms with Crippen molar-refractivity contribution in [3.05, 3.63) is 60.2 Å². The Labute approximate surface area is 160 Å². The van der Waals surface area contributed by atoms with Gasteiger partial charge in [0.05, 0.1) is 6.04 Å². The fraction of sp³-hybridized carbons (Fsp3) is 0.364. The molecular formula is C22H25N3O2. The molecule has 4 rings (SSSR count). The van der Waals surface area contributed by atoms with Gasteiger partial charge in [-0.3, -0.25) is 9.69 Å². The van der Waals surface area contributed by atoms with Gasteiger partial charge in [0.1, 0.15) is 0 Å². The highest BCUT2D eigenvalue weighted by Crippen LogP contribution is 2.31. The molecule has 2 aliphatic rings. The third kappa shape index (κ3) is 3.82. The molecule has 3 amide bonds. The average molecular weight is 363 g/mol. The third-order valence-electron chi connectivity index (χ3n) is 5.40. The lowest BCUT2D eigenvalue weighted by atomic mass is 10.1. The van der Waals surface area contributed by atoms with Crippen LogP contribution >= 0.6 is 0 Å². The molecule has 1 aliphatic carbocycles. The number of hydrogen-bond donors (Lipinski definition) is 1. The lowest BCUT2D eigenvalue weighted by molar-refractivity contribution is -0.117. The fourth-order valence-electron chi connectivity index (χ4n) is 3.57. The van der Waals surface area contributed by atoms with Crippen molar-refractivity contribution in [3.63, 3.8) is 0 Å². The first kappa shape index (κ1) is 17.6. The van der Waals surface area contributed by atoms with E-state index in [9.17, 15) is 9.59 Å². The van der Waals surface area contributed by atoms with Crippen LogP contribution < -0.4 is 10.2 Å². The molecule has 1 saturated heterocycles. The van der Waals surface area contributed by atoms with Crippen LogP contribution in [0, 0.1) is 5.92 Å². The molecule has 0 spiro atoms. The summed E-state index contributed by atoms with van der Waals surface area (Å²) in [6.07, 6.45) is 2.91. The first-order valence-electron chi connectivity index (χ1n) is 9.67. The Morgan fingerprint density at radius 3 is 2.41 bits per heavy atom. The quantitative estimate of drug-likeness (QED) is 0.854. The van der Waals surface area contributed by atoms with E-state index in [1.54, 1.807) is 0 Å². The standard InChI is InChI=1S/C22H25N3O2/c1-16(17-6-3-2-4-7-17)24-14-5-15-25(22(24)27)20-12-10-19(11-13-20)23-21(26)18-8-9-18/h2-4,6-7,10-13,16,18H,5,8-9,14-15H2,1H3,(H,23,26). The van der Waals surface area contributed by atoms with Crippen molar-refractivity contribution in [2.24, 2.45) is 5.92 Å². The Morgan fingerprint density at radius 2 is 1.74 bits per heavy atom. The van der Waals surface area contributed by atoms with Crippen LogP contribution in [0.15, 0.2) is 54.6 Å². The molecule has 1 saturated carbocycles. The molecule has 27 heavy (non-hydrogen) atoms. The number of nitrogens with one attached hydrogen (secondary N) is 1. The zero-order valence-corrected chi connectivity index (χ0v) is 15.6. The molecular weight excluding hydrogens is 338 g/mol. The zero-order valence-electron chi connectivity index (χ0n) is 15.6. The first-order chi connectivity index (χ1) is 13.1. The Morgan fingerprint density at radius 1 is 1.04 bits per heavy atom. The minimum atomic E-state index is 0.0346. The Balaban J connectivity index is 1.46. The van der Waals surface area contributed by atoms with Crippen molar-refractivity contribution in [1.82, 2.24) is 4.90 Å². The van der Waals surface area contributed by atoms with Crippen LogP contribution in [-0.4, -0.2) is 29.9 Å². The van der Waals surface area contributed by atoms with Crippen molar-refractivity contribution < 1.29 is 9.59 Å². The second-order valence-electron chi connectivity index (χ2n) is 7.38. The highest BCUT2D eigenvalue weighted by atomic mass is 16.2. The number of hydrogen-bond acceptors (Lipinski definition) is 2. The maximum absolute atomic E-state index is 13.1. The van der Waals surface area contributed by atoms with Gasteiger partial charge < -0.3 is 10.2 Å². The van der Waals surface area contributed by atoms with E-state index in [2.05, 4.69) is 24.4 Å². The van der Waals surface area contributed by atoms with Gasteiger partial charge in [0, 0.05) is 30.4 Å². The van der Waals surface area contributed by atoms with Crippen LogP contribution in [0.2, 0.25) is 0 Å². The van der Waals surface area contributed by atoms with Crippen molar-refractivity contribution in [3.8, 4) is 0 Å². The third-order valence-corrected chi connectivity index (χ3v) is 5.40. The summed E-state index contributed by atoms with van der Waals surface area (Å²) in [5.41, 5.74) is 2.80. The lowest BCUT2D eigenvalue weighted by Crippen LogP contribution is -2.50. The van der Waals surface area contributed by atoms with E-state index in [1.807, 2.05) is 52.3 Å². The van der Waals surface area contributed by atoms with Crippen molar-refractivity contribution in [1.29, 1.82) is 0 Å². The van der Waals surface area contributed by atoms with E-state index < -0.39 is 0 Å². The summed E-state index contributed by atoms with van der Waals surface area (Å²) in [4.78, 5) is 28.7. The molecule has 0 radical (unpaired) electrons. The molecule has 5 heteroatoms. The number of carbonyl (C=O) groups excluding carboxylic acids is 2. The topological polar surface area (TPSA) is 52.6 Å². The largest absolute Gasteiger partial charge is 0.326 e. The number of benzene rings is 2. The summed E-state index contributed by atoms with van der Waals surface area (Å²) in [6.45, 7) is 3.55. The van der Waals surface area contributed by atoms with Gasteiger partial charge >= 0.3 is 6.03 Å². The van der Waals surface area contributed by atoms with Crippen molar-refractivity contribution in [2.45, 2.75) is 32.2 Å². The van der Waals surface area contributed by atoms with Crippen molar-refractivity contribution >= 4 is 23.3 Å². The van der Waals surface area contributed by atoms with Gasteiger partial charge in [-0.1, -0.05) is 30.3 Å². The highest BCUT2D eigenvalue weighted by Gasteiger charge is 2.31. The summed E-state index contributed by atoms with van der Waals surface area (Å²) in [7, 11) is 0. The van der Waals surface area contributed by atoms with Gasteiger partial charge in [-0.15, -0.1) is 0 Å². The average Bonchev–Trinajstić information content (AvgIpc) is 3.55. The zero-order chi connectivity index (χ0) is 18.8. The van der Waals surface area contributed by atoms with E-state index in [0.717, 1.165) is 42.7 Å². The van der Waals surface area contributed by atoms with Crippen molar-refractivity contribution in [2.75, 3.05) is 23.3 Å². The molecule has 140 valence electrons. The summed E-state index contributed by atoms with van der Waals surface area (Å²) in [5.74, 6) is 0.279. The number of anilines is 2. The van der Waals surface area contributed by atoms with Gasteiger partial charge in [-0.25, -0.2) is 4.79 Å². The molecule has 5 nitrogen and oxygen atoms in total. The minimum absolute atomic E-state index is 0.0346. The summed E-state index contributed by atoms with van der Waals surface area (Å²) < 4.78 is 0. The Hall–Kier alpha value is -2.82. The van der Waals surface area contributed by atoms with E-state index in [4.69, 9.17) is 0 Å². The van der Waals surface area contributed by atoms with Crippen LogP contribution in [-0.2, 0) is 4.79 Å². The molecule has 2 aromatic rings. The van der Waals surface area contributed by atoms with E-state index in [-0.39, 0.29) is 23.9 Å². The van der Waals surface area contributed by atoms with Gasteiger partial charge in [-0.2, -0.15) is 0 Å². The predicted octanol–water partition coefficient (Wildman–Crippen LogP) is 4.43. The predicted molar refractivity (Wildman–Crippen MR) is 107 cm³/mol. The molecule has 1 N–H and O–H groups in total. The molecule has 1 unspecified atom stereocenters. The molecule has 2 aromatic carbocycles. The number of rotatable bonds is 5. The van der Waals surface area contributed by atoms with Gasteiger partial charge in [0.2, 0.25) is 5.91 Å². The molecule has 2 fully saturated rings. The van der Waals surface area contributed by atoms with Crippen LogP contribution in [0.25, 0.3) is 0 Å². The lowest BCUT2D eigenvalue weighted by Gasteiger charge is -2.39. The molecule has 0 bridgehead atoms. The van der Waals surface area contributed by atoms with Crippen LogP contribution in [0.3, 0.4) is 0 Å². The molecule has 1 heterocycles. The second kappa shape index (κ2) is 7.43. The van der Waals surface area contributed by atoms with Gasteiger partial charge in [-0.05, 0) is 56.0 Å². The monoisotopic (exact) mass is 363 g/mol. The molecule has 1 aliphatic heterocycles. The highest BCUT2D eigenvalue weighted by molar-refractivity contribution is 5.95. The summed E-state index contributed by atoms with van der Waals surface area (Å²) in [5, 5.41) is 2.94. The minimum Gasteiger partial charge on any atom is -0.326 e. The van der Waals surface area contributed by atoms with Crippen LogP contribution in [0.4, 0.5) is 16.2 Å². The van der Waals surface area contributed by atoms with Gasteiger partial charge in [0.15, 0.2) is 0 Å². The molecule has 0 aromatic heterocycles. The van der Waals surface area contributed by atoms with E-state index >= 15 is 0 Å². The number of urea groups is 1. The van der Waals surface area contributed by atoms with Crippen LogP contribution in [0.1, 0.15) is 37.8 Å². The number of carbonyl (C=O) groups is 2. The van der Waals surface area contributed by atoms with Crippen LogP contribution in [0.5, 0.6) is 0 Å². The van der Waals surface area contributed by atoms with E-state index in [0.29, 0.717) is 6.54 Å². The Bertz CT molecular complexity index is 815. The normalized spacial score (nSPS) is 18.3. The SMILES string of the molecule is CC(c1ccccc1)N1CCCN(c2ccc(NC(=O)C3CC3)cc2)C1=O. The molecule has 1 atom stereocenters. The maximum Gasteiger partial charge on any atom is 0.324 e. The van der Waals surface area contributed by atoms with Gasteiger partial charge in [0.25, 0.3) is 0 Å². The first-order valence-corrected chi connectivity index (χ1v) is 9.67. The summed E-state index contributed by atoms with van der Waals surface area (Å²) >= 11 is 0. The van der Waals surface area contributed by atoms with E-state index in [1.165, 1.54) is 0 Å². The Kier molecular flexibility index (Phi) is 4.84. The maximum atomic E-state index is 13.1. The smallest absolute Gasteiger partial charge is 0.324 e.